The minimum Gasteiger partial charge on any atom is -0.309 e. The third kappa shape index (κ3) is 2.53. The molecule has 0 saturated carbocycles. The van der Waals surface area contributed by atoms with Gasteiger partial charge in [-0.1, -0.05) is 50.2 Å². The Morgan fingerprint density at radius 3 is 1.74 bits per heavy atom. The molecule has 0 amide bonds. The lowest BCUT2D eigenvalue weighted by molar-refractivity contribution is 1.11. The Morgan fingerprint density at radius 2 is 1.22 bits per heavy atom. The first-order chi connectivity index (χ1) is 11.2. The molecule has 4 aromatic rings. The van der Waals surface area contributed by atoms with Crippen LogP contribution in [0.1, 0.15) is 13.8 Å². The van der Waals surface area contributed by atoms with Crippen LogP contribution in [0.5, 0.6) is 0 Å². The van der Waals surface area contributed by atoms with Crippen LogP contribution in [0, 0.1) is 0 Å². The molecule has 2 heteroatoms. The van der Waals surface area contributed by atoms with Gasteiger partial charge in [-0.15, -0.1) is 11.8 Å². The van der Waals surface area contributed by atoms with Crippen LogP contribution in [-0.2, 0) is 0 Å². The van der Waals surface area contributed by atoms with E-state index in [9.17, 15) is 0 Å². The summed E-state index contributed by atoms with van der Waals surface area (Å²) in [4.78, 5) is 1.32. The standard InChI is InChI=1S/C21H19NS/c1-15(2)23-17-13-11-16(12-14-17)22-20-9-5-3-7-18(20)19-8-4-6-10-21(19)22/h3-15H,1-2H3. The van der Waals surface area contributed by atoms with E-state index >= 15 is 0 Å². The van der Waals surface area contributed by atoms with Crippen molar-refractivity contribution in [3.63, 3.8) is 0 Å². The Kier molecular flexibility index (Phi) is 3.62. The second-order valence-corrected chi connectivity index (χ2v) is 7.68. The largest absolute Gasteiger partial charge is 0.309 e. The Bertz CT molecular complexity index is 911. The van der Waals surface area contributed by atoms with Crippen LogP contribution in [0.25, 0.3) is 27.5 Å². The monoisotopic (exact) mass is 317 g/mol. The molecule has 23 heavy (non-hydrogen) atoms. The van der Waals surface area contributed by atoms with Gasteiger partial charge in [-0.2, -0.15) is 0 Å². The highest BCUT2D eigenvalue weighted by molar-refractivity contribution is 7.99. The highest BCUT2D eigenvalue weighted by Gasteiger charge is 2.11. The maximum absolute atomic E-state index is 2.36. The quantitative estimate of drug-likeness (QED) is 0.402. The number of benzene rings is 3. The van der Waals surface area contributed by atoms with Crippen molar-refractivity contribution >= 4 is 33.6 Å². The molecule has 0 aliphatic heterocycles. The molecule has 0 spiro atoms. The first kappa shape index (κ1) is 14.4. The van der Waals surface area contributed by atoms with Crippen LogP contribution in [0.2, 0.25) is 0 Å². The molecule has 0 saturated heterocycles. The highest BCUT2D eigenvalue weighted by atomic mass is 32.2. The molecule has 1 aromatic heterocycles. The van der Waals surface area contributed by atoms with Crippen LogP contribution in [0.3, 0.4) is 0 Å². The van der Waals surface area contributed by atoms with Gasteiger partial charge in [-0.25, -0.2) is 0 Å². The van der Waals surface area contributed by atoms with Gasteiger partial charge in [0.2, 0.25) is 0 Å². The van der Waals surface area contributed by atoms with Gasteiger partial charge in [0.1, 0.15) is 0 Å². The van der Waals surface area contributed by atoms with Crippen LogP contribution in [0.4, 0.5) is 0 Å². The summed E-state index contributed by atoms with van der Waals surface area (Å²) in [5, 5.41) is 3.22. The number of aromatic nitrogens is 1. The third-order valence-corrected chi connectivity index (χ3v) is 5.06. The minimum atomic E-state index is 0.606. The fraction of sp³-hybridized carbons (Fsp3) is 0.143. The third-order valence-electron chi connectivity index (χ3n) is 4.05. The second kappa shape index (κ2) is 5.78. The summed E-state index contributed by atoms with van der Waals surface area (Å²) >= 11 is 1.90. The summed E-state index contributed by atoms with van der Waals surface area (Å²) in [5.41, 5.74) is 3.74. The smallest absolute Gasteiger partial charge is 0.0541 e. The summed E-state index contributed by atoms with van der Waals surface area (Å²) < 4.78 is 2.36. The van der Waals surface area contributed by atoms with Gasteiger partial charge in [0.25, 0.3) is 0 Å². The normalized spacial score (nSPS) is 11.6. The summed E-state index contributed by atoms with van der Waals surface area (Å²) in [6, 6.07) is 26.2. The number of fused-ring (bicyclic) bond motifs is 3. The van der Waals surface area contributed by atoms with Gasteiger partial charge in [-0.3, -0.25) is 0 Å². The van der Waals surface area contributed by atoms with Gasteiger partial charge >= 0.3 is 0 Å². The van der Waals surface area contributed by atoms with Crippen molar-refractivity contribution in [1.82, 2.24) is 4.57 Å². The molecule has 0 radical (unpaired) electrons. The van der Waals surface area contributed by atoms with Crippen LogP contribution >= 0.6 is 11.8 Å². The average Bonchev–Trinajstić information content (AvgIpc) is 2.90. The molecule has 4 rings (SSSR count). The van der Waals surface area contributed by atoms with Crippen LogP contribution in [0.15, 0.2) is 77.7 Å². The fourth-order valence-corrected chi connectivity index (χ4v) is 3.98. The topological polar surface area (TPSA) is 4.93 Å². The number of hydrogen-bond donors (Lipinski definition) is 0. The molecule has 0 N–H and O–H groups in total. The zero-order valence-corrected chi connectivity index (χ0v) is 14.2. The van der Waals surface area contributed by atoms with Crippen LogP contribution in [-0.4, -0.2) is 9.82 Å². The Balaban J connectivity index is 1.93. The molecule has 3 aromatic carbocycles. The minimum absolute atomic E-state index is 0.606. The molecule has 1 nitrogen and oxygen atoms in total. The lowest BCUT2D eigenvalue weighted by Gasteiger charge is -2.10. The average molecular weight is 317 g/mol. The van der Waals surface area contributed by atoms with Crippen molar-refractivity contribution in [3.05, 3.63) is 72.8 Å². The second-order valence-electron chi connectivity index (χ2n) is 6.03. The molecule has 1 heterocycles. The summed E-state index contributed by atoms with van der Waals surface area (Å²) in [6.07, 6.45) is 0. The molecule has 114 valence electrons. The first-order valence-electron chi connectivity index (χ1n) is 7.99. The van der Waals surface area contributed by atoms with Crippen molar-refractivity contribution in [2.75, 3.05) is 0 Å². The van der Waals surface area contributed by atoms with Crippen LogP contribution < -0.4 is 0 Å². The predicted molar refractivity (Wildman–Crippen MR) is 102 cm³/mol. The fourth-order valence-electron chi connectivity index (χ4n) is 3.15. The molecule has 0 fully saturated rings. The van der Waals surface area contributed by atoms with Crippen molar-refractivity contribution < 1.29 is 0 Å². The Morgan fingerprint density at radius 1 is 0.696 bits per heavy atom. The van der Waals surface area contributed by atoms with Gasteiger partial charge in [0.05, 0.1) is 11.0 Å². The van der Waals surface area contributed by atoms with E-state index in [-0.39, 0.29) is 0 Å². The summed E-state index contributed by atoms with van der Waals surface area (Å²) in [5.74, 6) is 0. The number of hydrogen-bond acceptors (Lipinski definition) is 1. The first-order valence-corrected chi connectivity index (χ1v) is 8.87. The number of rotatable bonds is 3. The number of para-hydroxylation sites is 2. The van der Waals surface area contributed by atoms with E-state index in [0.29, 0.717) is 5.25 Å². The predicted octanol–water partition coefficient (Wildman–Crippen LogP) is 6.28. The van der Waals surface area contributed by atoms with E-state index in [1.165, 1.54) is 32.4 Å². The SMILES string of the molecule is CC(C)Sc1ccc(-n2c3ccccc3c3ccccc32)cc1. The zero-order chi connectivity index (χ0) is 15.8. The van der Waals surface area contributed by atoms with Gasteiger partial charge in [0, 0.05) is 26.6 Å². The number of nitrogens with zero attached hydrogens (tertiary/aromatic N) is 1. The lowest BCUT2D eigenvalue weighted by Crippen LogP contribution is -1.93. The highest BCUT2D eigenvalue weighted by Crippen LogP contribution is 2.32. The molecular formula is C21H19NS. The van der Waals surface area contributed by atoms with E-state index in [1.54, 1.807) is 0 Å². The van der Waals surface area contributed by atoms with Gasteiger partial charge in [-0.05, 0) is 36.4 Å². The summed E-state index contributed by atoms with van der Waals surface area (Å²) in [6.45, 7) is 4.46. The Hall–Kier alpha value is -2.19. The van der Waals surface area contributed by atoms with Crippen molar-refractivity contribution in [3.8, 4) is 5.69 Å². The zero-order valence-electron chi connectivity index (χ0n) is 13.4. The van der Waals surface area contributed by atoms with E-state index in [4.69, 9.17) is 0 Å². The van der Waals surface area contributed by atoms with Crippen molar-refractivity contribution in [2.24, 2.45) is 0 Å². The molecular weight excluding hydrogens is 298 g/mol. The van der Waals surface area contributed by atoms with E-state index in [1.807, 2.05) is 11.8 Å². The van der Waals surface area contributed by atoms with Gasteiger partial charge < -0.3 is 4.57 Å². The lowest BCUT2D eigenvalue weighted by atomic mass is 10.2. The molecule has 0 unspecified atom stereocenters. The maximum atomic E-state index is 2.36. The summed E-state index contributed by atoms with van der Waals surface area (Å²) in [7, 11) is 0. The van der Waals surface area contributed by atoms with E-state index < -0.39 is 0 Å². The molecule has 0 bridgehead atoms. The van der Waals surface area contributed by atoms with Crippen molar-refractivity contribution in [2.45, 2.75) is 24.0 Å². The van der Waals surface area contributed by atoms with Crippen molar-refractivity contribution in [1.29, 1.82) is 0 Å². The molecule has 0 atom stereocenters. The van der Waals surface area contributed by atoms with E-state index in [2.05, 4.69) is 91.2 Å². The molecule has 0 aliphatic rings. The number of thioether (sulfide) groups is 1. The van der Waals surface area contributed by atoms with Gasteiger partial charge in [0.15, 0.2) is 0 Å². The Labute approximate surface area is 140 Å². The van der Waals surface area contributed by atoms with E-state index in [0.717, 1.165) is 0 Å². The molecule has 0 aliphatic carbocycles. The maximum Gasteiger partial charge on any atom is 0.0541 e.